The molecule has 4 heteroatoms. The second-order valence-corrected chi connectivity index (χ2v) is 5.30. The van der Waals surface area contributed by atoms with Gasteiger partial charge in [-0.25, -0.2) is 0 Å². The van der Waals surface area contributed by atoms with E-state index in [2.05, 4.69) is 27.4 Å². The van der Waals surface area contributed by atoms with Gasteiger partial charge in [-0.1, -0.05) is 18.2 Å². The van der Waals surface area contributed by atoms with Gasteiger partial charge in [0.2, 0.25) is 0 Å². The molecule has 1 aliphatic heterocycles. The van der Waals surface area contributed by atoms with Crippen molar-refractivity contribution in [1.29, 1.82) is 0 Å². The monoisotopic (exact) mass is 293 g/mol. The Hall–Kier alpha value is -2.62. The molecule has 0 aliphatic carbocycles. The first-order chi connectivity index (χ1) is 10.7. The fraction of sp³-hybridized carbons (Fsp3) is 0.222. The van der Waals surface area contributed by atoms with Crippen LogP contribution in [0.25, 0.3) is 11.3 Å². The summed E-state index contributed by atoms with van der Waals surface area (Å²) in [4.78, 5) is 19.6. The SMILES string of the molecule is CC=CC(=CC)C1CNC(=O)c2cc(-c3ccncc3)[nH]c21. The van der Waals surface area contributed by atoms with Crippen LogP contribution in [0.15, 0.2) is 54.4 Å². The van der Waals surface area contributed by atoms with Gasteiger partial charge in [0.15, 0.2) is 0 Å². The van der Waals surface area contributed by atoms with Gasteiger partial charge >= 0.3 is 0 Å². The molecule has 0 bridgehead atoms. The smallest absolute Gasteiger partial charge is 0.253 e. The second-order valence-electron chi connectivity index (χ2n) is 5.30. The molecule has 0 fully saturated rings. The number of carbonyl (C=O) groups excluding carboxylic acids is 1. The second kappa shape index (κ2) is 6.02. The first-order valence-corrected chi connectivity index (χ1v) is 7.45. The van der Waals surface area contributed by atoms with E-state index in [1.54, 1.807) is 12.4 Å². The lowest BCUT2D eigenvalue weighted by Gasteiger charge is -2.24. The van der Waals surface area contributed by atoms with Crippen molar-refractivity contribution < 1.29 is 4.79 Å². The molecular formula is C18H19N3O. The quantitative estimate of drug-likeness (QED) is 0.852. The van der Waals surface area contributed by atoms with Crippen molar-refractivity contribution in [3.8, 4) is 11.3 Å². The van der Waals surface area contributed by atoms with Crippen LogP contribution in [-0.4, -0.2) is 22.4 Å². The Kier molecular flexibility index (Phi) is 3.92. The molecule has 2 aromatic heterocycles. The van der Waals surface area contributed by atoms with Crippen LogP contribution in [-0.2, 0) is 0 Å². The van der Waals surface area contributed by atoms with Crippen LogP contribution in [0.2, 0.25) is 0 Å². The number of aromatic nitrogens is 2. The molecule has 0 saturated heterocycles. The van der Waals surface area contributed by atoms with Crippen LogP contribution in [0.1, 0.15) is 35.8 Å². The zero-order valence-electron chi connectivity index (χ0n) is 12.8. The third-order valence-electron chi connectivity index (χ3n) is 3.99. The Morgan fingerprint density at radius 2 is 2.09 bits per heavy atom. The number of amides is 1. The third kappa shape index (κ3) is 2.48. The minimum atomic E-state index is -0.0151. The maximum atomic E-state index is 12.2. The average Bonchev–Trinajstić information content (AvgIpc) is 3.00. The van der Waals surface area contributed by atoms with Crippen molar-refractivity contribution in [3.63, 3.8) is 0 Å². The summed E-state index contributed by atoms with van der Waals surface area (Å²) in [5.41, 5.74) is 4.90. The summed E-state index contributed by atoms with van der Waals surface area (Å²) >= 11 is 0. The van der Waals surface area contributed by atoms with E-state index in [1.165, 1.54) is 5.57 Å². The number of allylic oxidation sites excluding steroid dienone is 3. The normalized spacial score (nSPS) is 18.4. The van der Waals surface area contributed by atoms with Crippen molar-refractivity contribution >= 4 is 5.91 Å². The van der Waals surface area contributed by atoms with Gasteiger partial charge in [-0.15, -0.1) is 0 Å². The van der Waals surface area contributed by atoms with Crippen molar-refractivity contribution in [2.45, 2.75) is 19.8 Å². The van der Waals surface area contributed by atoms with Gasteiger partial charge in [-0.05, 0) is 37.6 Å². The molecule has 0 spiro atoms. The highest BCUT2D eigenvalue weighted by atomic mass is 16.1. The van der Waals surface area contributed by atoms with Gasteiger partial charge in [0.1, 0.15) is 0 Å². The van der Waals surface area contributed by atoms with Crippen LogP contribution in [0, 0.1) is 0 Å². The fourth-order valence-electron chi connectivity index (χ4n) is 2.90. The number of hydrogen-bond acceptors (Lipinski definition) is 2. The molecule has 22 heavy (non-hydrogen) atoms. The Bertz CT molecular complexity index is 741. The lowest BCUT2D eigenvalue weighted by Crippen LogP contribution is -2.35. The standard InChI is InChI=1S/C18H19N3O/c1-3-5-12(4-2)15-11-20-18(22)14-10-16(21-17(14)15)13-6-8-19-9-7-13/h3-10,15,21H,11H2,1-2H3,(H,20,22). The summed E-state index contributed by atoms with van der Waals surface area (Å²) in [5.74, 6) is 0.142. The molecule has 2 aromatic rings. The number of H-pyrrole nitrogens is 1. The van der Waals surface area contributed by atoms with E-state index in [-0.39, 0.29) is 11.8 Å². The number of nitrogens with one attached hydrogen (secondary N) is 2. The molecule has 4 nitrogen and oxygen atoms in total. The molecule has 0 saturated carbocycles. The highest BCUT2D eigenvalue weighted by Crippen LogP contribution is 2.33. The lowest BCUT2D eigenvalue weighted by atomic mass is 9.89. The molecule has 1 aliphatic rings. The predicted octanol–water partition coefficient (Wildman–Crippen LogP) is 3.43. The van der Waals surface area contributed by atoms with Crippen molar-refractivity contribution in [2.75, 3.05) is 6.54 Å². The van der Waals surface area contributed by atoms with E-state index in [4.69, 9.17) is 0 Å². The lowest BCUT2D eigenvalue weighted by molar-refractivity contribution is 0.0942. The Labute approximate surface area is 130 Å². The Balaban J connectivity index is 2.07. The number of hydrogen-bond donors (Lipinski definition) is 2. The van der Waals surface area contributed by atoms with Gasteiger partial charge < -0.3 is 10.3 Å². The largest absolute Gasteiger partial charge is 0.357 e. The molecule has 1 amide bonds. The summed E-state index contributed by atoms with van der Waals surface area (Å²) < 4.78 is 0. The molecule has 3 heterocycles. The Morgan fingerprint density at radius 3 is 2.77 bits per heavy atom. The predicted molar refractivity (Wildman–Crippen MR) is 87.7 cm³/mol. The van der Waals surface area contributed by atoms with Crippen LogP contribution >= 0.6 is 0 Å². The highest BCUT2D eigenvalue weighted by molar-refractivity contribution is 5.98. The summed E-state index contributed by atoms with van der Waals surface area (Å²) in [5, 5.41) is 2.98. The molecule has 2 N–H and O–H groups in total. The fourth-order valence-corrected chi connectivity index (χ4v) is 2.90. The zero-order chi connectivity index (χ0) is 15.5. The molecule has 3 rings (SSSR count). The molecule has 0 radical (unpaired) electrons. The molecule has 1 unspecified atom stereocenters. The molecule has 112 valence electrons. The summed E-state index contributed by atoms with van der Waals surface area (Å²) in [6.07, 6.45) is 9.73. The van der Waals surface area contributed by atoms with E-state index in [0.717, 1.165) is 22.5 Å². The minimum Gasteiger partial charge on any atom is -0.357 e. The van der Waals surface area contributed by atoms with Crippen molar-refractivity contribution in [2.24, 2.45) is 0 Å². The maximum Gasteiger partial charge on any atom is 0.253 e. The van der Waals surface area contributed by atoms with E-state index in [9.17, 15) is 4.79 Å². The van der Waals surface area contributed by atoms with Crippen LogP contribution in [0.5, 0.6) is 0 Å². The summed E-state index contributed by atoms with van der Waals surface area (Å²) in [6.45, 7) is 4.65. The van der Waals surface area contributed by atoms with E-state index < -0.39 is 0 Å². The van der Waals surface area contributed by atoms with E-state index >= 15 is 0 Å². The van der Waals surface area contributed by atoms with Gasteiger partial charge in [-0.3, -0.25) is 9.78 Å². The summed E-state index contributed by atoms with van der Waals surface area (Å²) in [7, 11) is 0. The van der Waals surface area contributed by atoms with E-state index in [1.807, 2.05) is 38.1 Å². The van der Waals surface area contributed by atoms with Gasteiger partial charge in [0.25, 0.3) is 5.91 Å². The van der Waals surface area contributed by atoms with Gasteiger partial charge in [0.05, 0.1) is 5.56 Å². The van der Waals surface area contributed by atoms with Gasteiger partial charge in [0, 0.05) is 41.8 Å². The molecule has 0 aromatic carbocycles. The third-order valence-corrected chi connectivity index (χ3v) is 3.99. The first-order valence-electron chi connectivity index (χ1n) is 7.45. The number of fused-ring (bicyclic) bond motifs is 1. The number of aromatic amines is 1. The summed E-state index contributed by atoms with van der Waals surface area (Å²) in [6, 6.07) is 5.80. The number of rotatable bonds is 3. The first kappa shape index (κ1) is 14.3. The van der Waals surface area contributed by atoms with Crippen LogP contribution in [0.4, 0.5) is 0 Å². The molecule has 1 atom stereocenters. The van der Waals surface area contributed by atoms with Crippen molar-refractivity contribution in [1.82, 2.24) is 15.3 Å². The average molecular weight is 293 g/mol. The van der Waals surface area contributed by atoms with Crippen LogP contribution < -0.4 is 5.32 Å². The number of nitrogens with zero attached hydrogens (tertiary/aromatic N) is 1. The zero-order valence-corrected chi connectivity index (χ0v) is 12.8. The number of carbonyl (C=O) groups is 1. The maximum absolute atomic E-state index is 12.2. The minimum absolute atomic E-state index is 0.0151. The number of pyridine rings is 1. The molecular weight excluding hydrogens is 274 g/mol. The Morgan fingerprint density at radius 1 is 1.32 bits per heavy atom. The topological polar surface area (TPSA) is 57.8 Å². The van der Waals surface area contributed by atoms with Gasteiger partial charge in [-0.2, -0.15) is 0 Å². The van der Waals surface area contributed by atoms with Crippen LogP contribution in [0.3, 0.4) is 0 Å². The van der Waals surface area contributed by atoms with E-state index in [0.29, 0.717) is 6.54 Å². The highest BCUT2D eigenvalue weighted by Gasteiger charge is 2.29. The van der Waals surface area contributed by atoms with Crippen molar-refractivity contribution in [3.05, 3.63) is 65.7 Å².